The minimum Gasteiger partial charge on any atom is -0.324 e. The van der Waals surface area contributed by atoms with Crippen LogP contribution in [0.5, 0.6) is 0 Å². The molecule has 1 aromatic rings. The zero-order valence-corrected chi connectivity index (χ0v) is 10.5. The summed E-state index contributed by atoms with van der Waals surface area (Å²) in [6, 6.07) is 4.22. The van der Waals surface area contributed by atoms with Crippen molar-refractivity contribution in [3.05, 3.63) is 33.3 Å². The Kier molecular flexibility index (Phi) is 4.64. The highest BCUT2D eigenvalue weighted by Crippen LogP contribution is 2.31. The lowest BCUT2D eigenvalue weighted by atomic mass is 10.0. The smallest absolute Gasteiger partial charge is 0.324 e. The second kappa shape index (κ2) is 5.38. The summed E-state index contributed by atoms with van der Waals surface area (Å²) in [4.78, 5) is 0. The molecule has 0 aliphatic heterocycles. The Bertz CT molecular complexity index is 368. The van der Waals surface area contributed by atoms with Gasteiger partial charge in [-0.25, -0.2) is 0 Å². The summed E-state index contributed by atoms with van der Waals surface area (Å²) in [5.74, 6) is 0. The average Bonchev–Trinajstić information content (AvgIpc) is 2.17. The van der Waals surface area contributed by atoms with Crippen molar-refractivity contribution in [1.29, 1.82) is 0 Å². The molecule has 1 unspecified atom stereocenters. The Hall–Kier alpha value is -0.260. The van der Waals surface area contributed by atoms with Crippen molar-refractivity contribution in [1.82, 2.24) is 0 Å². The molecule has 0 aliphatic rings. The van der Waals surface area contributed by atoms with E-state index >= 15 is 0 Å². The van der Waals surface area contributed by atoms with E-state index in [4.69, 9.17) is 17.3 Å². The molecule has 1 nitrogen and oxygen atoms in total. The van der Waals surface area contributed by atoms with Crippen LogP contribution < -0.4 is 5.73 Å². The van der Waals surface area contributed by atoms with Gasteiger partial charge in [-0.15, -0.1) is 0 Å². The molecule has 1 rings (SSSR count). The van der Waals surface area contributed by atoms with Crippen LogP contribution in [0.25, 0.3) is 0 Å². The number of halogens is 5. The fraction of sp³-hybridized carbons (Fsp3) is 0.400. The largest absolute Gasteiger partial charge is 0.389 e. The first-order valence-electron chi connectivity index (χ1n) is 4.57. The van der Waals surface area contributed by atoms with Gasteiger partial charge in [0.15, 0.2) is 0 Å². The van der Waals surface area contributed by atoms with Gasteiger partial charge in [-0.1, -0.05) is 27.5 Å². The maximum absolute atomic E-state index is 12.0. The van der Waals surface area contributed by atoms with E-state index in [0.717, 1.165) is 0 Å². The van der Waals surface area contributed by atoms with Crippen LogP contribution in [0.2, 0.25) is 5.02 Å². The molecule has 0 saturated carbocycles. The summed E-state index contributed by atoms with van der Waals surface area (Å²) >= 11 is 8.98. The molecule has 0 aromatic heterocycles. The van der Waals surface area contributed by atoms with Gasteiger partial charge in [-0.05, 0) is 30.2 Å². The van der Waals surface area contributed by atoms with Gasteiger partial charge in [0.2, 0.25) is 0 Å². The molecule has 16 heavy (non-hydrogen) atoms. The molecule has 6 heteroatoms. The second-order valence-electron chi connectivity index (χ2n) is 3.43. The van der Waals surface area contributed by atoms with Crippen molar-refractivity contribution >= 4 is 27.5 Å². The van der Waals surface area contributed by atoms with Crippen LogP contribution in [-0.4, -0.2) is 6.18 Å². The average molecular weight is 317 g/mol. The van der Waals surface area contributed by atoms with E-state index in [1.165, 1.54) is 0 Å². The first-order chi connectivity index (χ1) is 7.29. The van der Waals surface area contributed by atoms with E-state index in [9.17, 15) is 13.2 Å². The zero-order chi connectivity index (χ0) is 12.3. The molecule has 0 amide bonds. The fourth-order valence-electron chi connectivity index (χ4n) is 1.27. The van der Waals surface area contributed by atoms with Crippen LogP contribution in [0, 0.1) is 0 Å². The molecule has 0 bridgehead atoms. The quantitative estimate of drug-likeness (QED) is 0.876. The predicted molar refractivity (Wildman–Crippen MR) is 61.4 cm³/mol. The van der Waals surface area contributed by atoms with Gasteiger partial charge in [0, 0.05) is 22.0 Å². The summed E-state index contributed by atoms with van der Waals surface area (Å²) in [6.45, 7) is 0. The Morgan fingerprint density at radius 2 is 2.00 bits per heavy atom. The number of hydrogen-bond acceptors (Lipinski definition) is 1. The third-order valence-electron chi connectivity index (χ3n) is 2.10. The highest BCUT2D eigenvalue weighted by atomic mass is 79.9. The molecule has 0 radical (unpaired) electrons. The van der Waals surface area contributed by atoms with E-state index < -0.39 is 18.6 Å². The van der Waals surface area contributed by atoms with Gasteiger partial charge in [-0.2, -0.15) is 13.2 Å². The van der Waals surface area contributed by atoms with Gasteiger partial charge < -0.3 is 5.73 Å². The standard InChI is InChI=1S/C10H10BrClF3N/c11-8-2-1-6(12)5-7(8)9(16)3-4-10(13,14)15/h1-2,5,9H,3-4,16H2. The Balaban J connectivity index is 2.73. The summed E-state index contributed by atoms with van der Waals surface area (Å²) in [5, 5.41) is 0.459. The molecule has 0 fully saturated rings. The third kappa shape index (κ3) is 4.31. The Labute approximate surface area is 105 Å². The van der Waals surface area contributed by atoms with Gasteiger partial charge in [0.1, 0.15) is 0 Å². The second-order valence-corrected chi connectivity index (χ2v) is 4.72. The van der Waals surface area contributed by atoms with Gasteiger partial charge >= 0.3 is 6.18 Å². The first kappa shape index (κ1) is 13.8. The van der Waals surface area contributed by atoms with E-state index in [2.05, 4.69) is 15.9 Å². The van der Waals surface area contributed by atoms with Crippen molar-refractivity contribution in [2.45, 2.75) is 25.1 Å². The van der Waals surface area contributed by atoms with Crippen molar-refractivity contribution in [2.24, 2.45) is 5.73 Å². The molecule has 90 valence electrons. The summed E-state index contributed by atoms with van der Waals surface area (Å²) in [5.41, 5.74) is 6.28. The van der Waals surface area contributed by atoms with E-state index in [1.807, 2.05) is 0 Å². The zero-order valence-electron chi connectivity index (χ0n) is 8.19. The van der Waals surface area contributed by atoms with Crippen LogP contribution in [0.3, 0.4) is 0 Å². The molecular formula is C10H10BrClF3N. The number of hydrogen-bond donors (Lipinski definition) is 1. The summed E-state index contributed by atoms with van der Waals surface area (Å²) < 4.78 is 36.7. The lowest BCUT2D eigenvalue weighted by Crippen LogP contribution is -2.16. The van der Waals surface area contributed by atoms with Crippen LogP contribution in [0.1, 0.15) is 24.4 Å². The minimum atomic E-state index is -4.18. The highest BCUT2D eigenvalue weighted by Gasteiger charge is 2.28. The van der Waals surface area contributed by atoms with Crippen LogP contribution in [0.15, 0.2) is 22.7 Å². The SMILES string of the molecule is NC(CCC(F)(F)F)c1cc(Cl)ccc1Br. The number of alkyl halides is 3. The van der Waals surface area contributed by atoms with E-state index in [0.29, 0.717) is 15.1 Å². The van der Waals surface area contributed by atoms with Gasteiger partial charge in [-0.3, -0.25) is 0 Å². The lowest BCUT2D eigenvalue weighted by Gasteiger charge is -2.15. The molecule has 2 N–H and O–H groups in total. The first-order valence-corrected chi connectivity index (χ1v) is 5.74. The minimum absolute atomic E-state index is 0.150. The van der Waals surface area contributed by atoms with Crippen LogP contribution in [0.4, 0.5) is 13.2 Å². The molecule has 1 atom stereocenters. The topological polar surface area (TPSA) is 26.0 Å². The molecule has 0 heterocycles. The number of benzene rings is 1. The van der Waals surface area contributed by atoms with Crippen LogP contribution in [-0.2, 0) is 0 Å². The monoisotopic (exact) mass is 315 g/mol. The highest BCUT2D eigenvalue weighted by molar-refractivity contribution is 9.10. The van der Waals surface area contributed by atoms with Gasteiger partial charge in [0.05, 0.1) is 0 Å². The third-order valence-corrected chi connectivity index (χ3v) is 3.05. The van der Waals surface area contributed by atoms with Crippen molar-refractivity contribution < 1.29 is 13.2 Å². The van der Waals surface area contributed by atoms with E-state index in [1.54, 1.807) is 18.2 Å². The summed E-state index contributed by atoms with van der Waals surface area (Å²) in [6.07, 6.45) is -5.22. The molecule has 0 saturated heterocycles. The normalized spacial score (nSPS) is 13.9. The van der Waals surface area contributed by atoms with Crippen LogP contribution >= 0.6 is 27.5 Å². The van der Waals surface area contributed by atoms with Crippen molar-refractivity contribution in [3.8, 4) is 0 Å². The lowest BCUT2D eigenvalue weighted by molar-refractivity contribution is -0.136. The molecule has 0 aliphatic carbocycles. The van der Waals surface area contributed by atoms with Gasteiger partial charge in [0.25, 0.3) is 0 Å². The fourth-order valence-corrected chi connectivity index (χ4v) is 1.99. The van der Waals surface area contributed by atoms with Crippen molar-refractivity contribution in [2.75, 3.05) is 0 Å². The Morgan fingerprint density at radius 1 is 1.38 bits per heavy atom. The molecule has 1 aromatic carbocycles. The predicted octanol–water partition coefficient (Wildman–Crippen LogP) is 4.44. The van der Waals surface area contributed by atoms with E-state index in [-0.39, 0.29) is 6.42 Å². The number of rotatable bonds is 3. The number of nitrogens with two attached hydrogens (primary N) is 1. The Morgan fingerprint density at radius 3 is 2.56 bits per heavy atom. The molecular weight excluding hydrogens is 306 g/mol. The molecule has 0 spiro atoms. The maximum Gasteiger partial charge on any atom is 0.389 e. The maximum atomic E-state index is 12.0. The summed E-state index contributed by atoms with van der Waals surface area (Å²) in [7, 11) is 0. The van der Waals surface area contributed by atoms with Crippen molar-refractivity contribution in [3.63, 3.8) is 0 Å².